The molecule has 25 heavy (non-hydrogen) atoms. The number of nitro benzene ring substituents is 1. The van der Waals surface area contributed by atoms with Gasteiger partial charge < -0.3 is 0 Å². The van der Waals surface area contributed by atoms with Gasteiger partial charge in [-0.25, -0.2) is 0 Å². The molecule has 0 saturated carbocycles. The summed E-state index contributed by atoms with van der Waals surface area (Å²) in [6.07, 6.45) is 0. The Morgan fingerprint density at radius 3 is 1.52 bits per heavy atom. The van der Waals surface area contributed by atoms with Crippen molar-refractivity contribution in [2.75, 3.05) is 0 Å². The third-order valence-electron chi connectivity index (χ3n) is 6.44. The SMILES string of the molecule is CC(C)[C@](C)(c1ccc([N+](=O)[O-])cc1)[C@](C)(c1ccccc1)C(C)C. The van der Waals surface area contributed by atoms with E-state index in [2.05, 4.69) is 65.8 Å². The number of nitro groups is 1. The fourth-order valence-electron chi connectivity index (χ4n) is 4.18. The zero-order chi connectivity index (χ0) is 18.8. The van der Waals surface area contributed by atoms with Gasteiger partial charge in [0.1, 0.15) is 0 Å². The predicted octanol–water partition coefficient (Wildman–Crippen LogP) is 6.12. The van der Waals surface area contributed by atoms with Crippen molar-refractivity contribution in [1.82, 2.24) is 0 Å². The maximum absolute atomic E-state index is 11.0. The van der Waals surface area contributed by atoms with Gasteiger partial charge in [0.05, 0.1) is 4.92 Å². The van der Waals surface area contributed by atoms with E-state index in [1.807, 2.05) is 18.2 Å². The molecule has 0 amide bonds. The van der Waals surface area contributed by atoms with Crippen LogP contribution in [0.5, 0.6) is 0 Å². The van der Waals surface area contributed by atoms with Crippen molar-refractivity contribution in [3.63, 3.8) is 0 Å². The van der Waals surface area contributed by atoms with Crippen LogP contribution >= 0.6 is 0 Å². The van der Waals surface area contributed by atoms with Crippen LogP contribution in [-0.2, 0) is 10.8 Å². The molecule has 0 aromatic heterocycles. The van der Waals surface area contributed by atoms with Gasteiger partial charge in [0.2, 0.25) is 0 Å². The summed E-state index contributed by atoms with van der Waals surface area (Å²) in [4.78, 5) is 10.7. The molecule has 3 nitrogen and oxygen atoms in total. The van der Waals surface area contributed by atoms with E-state index >= 15 is 0 Å². The lowest BCUT2D eigenvalue weighted by Crippen LogP contribution is -2.52. The molecule has 134 valence electrons. The number of benzene rings is 2. The summed E-state index contributed by atoms with van der Waals surface area (Å²) in [6.45, 7) is 13.6. The number of nitrogens with zero attached hydrogens (tertiary/aromatic N) is 1. The normalized spacial score (nSPS) is 16.5. The molecule has 0 aliphatic heterocycles. The van der Waals surface area contributed by atoms with Gasteiger partial charge in [-0.2, -0.15) is 0 Å². The molecule has 0 radical (unpaired) electrons. The number of hydrogen-bond acceptors (Lipinski definition) is 2. The second kappa shape index (κ2) is 6.99. The third-order valence-corrected chi connectivity index (χ3v) is 6.44. The molecule has 3 heteroatoms. The van der Waals surface area contributed by atoms with Gasteiger partial charge in [-0.3, -0.25) is 10.1 Å². The summed E-state index contributed by atoms with van der Waals surface area (Å²) < 4.78 is 0. The Morgan fingerprint density at radius 1 is 0.760 bits per heavy atom. The van der Waals surface area contributed by atoms with Crippen LogP contribution in [0.2, 0.25) is 0 Å². The van der Waals surface area contributed by atoms with Crippen LogP contribution in [0.4, 0.5) is 5.69 Å². The van der Waals surface area contributed by atoms with E-state index in [4.69, 9.17) is 0 Å². The highest BCUT2D eigenvalue weighted by atomic mass is 16.6. The summed E-state index contributed by atoms with van der Waals surface area (Å²) in [5, 5.41) is 11.0. The van der Waals surface area contributed by atoms with Crippen LogP contribution < -0.4 is 0 Å². The molecule has 0 unspecified atom stereocenters. The molecule has 0 heterocycles. The molecule has 0 bridgehead atoms. The molecule has 0 aliphatic carbocycles. The Morgan fingerprint density at radius 2 is 1.16 bits per heavy atom. The van der Waals surface area contributed by atoms with Crippen LogP contribution in [-0.4, -0.2) is 4.92 Å². The summed E-state index contributed by atoms with van der Waals surface area (Å²) in [5.41, 5.74) is 2.31. The van der Waals surface area contributed by atoms with Crippen molar-refractivity contribution in [3.05, 3.63) is 75.8 Å². The van der Waals surface area contributed by atoms with Gasteiger partial charge in [-0.15, -0.1) is 0 Å². The highest BCUT2D eigenvalue weighted by Gasteiger charge is 2.50. The molecule has 2 rings (SSSR count). The number of rotatable bonds is 6. The summed E-state index contributed by atoms with van der Waals surface area (Å²) in [5.74, 6) is 0.763. The third kappa shape index (κ3) is 3.08. The number of non-ortho nitro benzene ring substituents is 1. The smallest absolute Gasteiger partial charge is 0.258 e. The average molecular weight is 339 g/mol. The maximum atomic E-state index is 11.0. The monoisotopic (exact) mass is 339 g/mol. The van der Waals surface area contributed by atoms with Crippen molar-refractivity contribution in [2.24, 2.45) is 11.8 Å². The molecule has 0 N–H and O–H groups in total. The van der Waals surface area contributed by atoms with Gasteiger partial charge in [0.15, 0.2) is 0 Å². The van der Waals surface area contributed by atoms with E-state index in [0.717, 1.165) is 5.56 Å². The Kier molecular flexibility index (Phi) is 5.36. The van der Waals surface area contributed by atoms with Crippen molar-refractivity contribution in [3.8, 4) is 0 Å². The van der Waals surface area contributed by atoms with E-state index in [9.17, 15) is 10.1 Å². The lowest BCUT2D eigenvalue weighted by atomic mass is 9.50. The molecule has 0 spiro atoms. The minimum absolute atomic E-state index is 0.113. The average Bonchev–Trinajstić information content (AvgIpc) is 2.60. The van der Waals surface area contributed by atoms with Crippen LogP contribution in [0.15, 0.2) is 54.6 Å². The second-order valence-corrected chi connectivity index (χ2v) is 7.88. The first-order chi connectivity index (χ1) is 11.7. The topological polar surface area (TPSA) is 43.1 Å². The lowest BCUT2D eigenvalue weighted by Gasteiger charge is -2.53. The van der Waals surface area contributed by atoms with Gasteiger partial charge in [0, 0.05) is 23.0 Å². The Bertz CT molecular complexity index is 721. The second-order valence-electron chi connectivity index (χ2n) is 7.88. The molecular weight excluding hydrogens is 310 g/mol. The zero-order valence-corrected chi connectivity index (χ0v) is 16.1. The van der Waals surface area contributed by atoms with Crippen molar-refractivity contribution in [2.45, 2.75) is 52.4 Å². The van der Waals surface area contributed by atoms with Crippen molar-refractivity contribution < 1.29 is 4.92 Å². The van der Waals surface area contributed by atoms with Crippen LogP contribution in [0.25, 0.3) is 0 Å². The largest absolute Gasteiger partial charge is 0.269 e. The fraction of sp³-hybridized carbons (Fsp3) is 0.455. The first kappa shape index (κ1) is 19.2. The molecule has 2 aromatic rings. The standard InChI is InChI=1S/C22H29NO2/c1-16(2)21(5,18-10-8-7-9-11-18)22(6,17(3)4)19-12-14-20(15-13-19)23(24)25/h7-17H,1-6H3/t21-,22+/m0/s1. The van der Waals surface area contributed by atoms with E-state index in [1.54, 1.807) is 12.1 Å². The highest BCUT2D eigenvalue weighted by molar-refractivity contribution is 5.42. The van der Waals surface area contributed by atoms with E-state index < -0.39 is 0 Å². The lowest BCUT2D eigenvalue weighted by molar-refractivity contribution is -0.384. The first-order valence-electron chi connectivity index (χ1n) is 8.96. The molecule has 2 aromatic carbocycles. The Balaban J connectivity index is 2.69. The van der Waals surface area contributed by atoms with Gasteiger partial charge in [-0.05, 0) is 23.0 Å². The minimum atomic E-state index is -0.338. The molecule has 0 aliphatic rings. The number of hydrogen-bond donors (Lipinski definition) is 0. The van der Waals surface area contributed by atoms with E-state index in [-0.39, 0.29) is 21.4 Å². The zero-order valence-electron chi connectivity index (χ0n) is 16.1. The quantitative estimate of drug-likeness (QED) is 0.470. The molecular formula is C22H29NO2. The van der Waals surface area contributed by atoms with E-state index in [1.165, 1.54) is 5.56 Å². The predicted molar refractivity (Wildman–Crippen MR) is 104 cm³/mol. The summed E-state index contributed by atoms with van der Waals surface area (Å²) >= 11 is 0. The van der Waals surface area contributed by atoms with Crippen molar-refractivity contribution in [1.29, 1.82) is 0 Å². The highest BCUT2D eigenvalue weighted by Crippen LogP contribution is 2.53. The van der Waals surface area contributed by atoms with Crippen LogP contribution in [0.1, 0.15) is 52.7 Å². The fourth-order valence-corrected chi connectivity index (χ4v) is 4.18. The van der Waals surface area contributed by atoms with Gasteiger partial charge >= 0.3 is 0 Å². The van der Waals surface area contributed by atoms with Crippen LogP contribution in [0.3, 0.4) is 0 Å². The summed E-state index contributed by atoms with van der Waals surface area (Å²) in [6, 6.07) is 17.7. The Labute approximate surface area is 151 Å². The van der Waals surface area contributed by atoms with Crippen LogP contribution in [0, 0.1) is 22.0 Å². The van der Waals surface area contributed by atoms with Crippen molar-refractivity contribution >= 4 is 5.69 Å². The molecule has 0 fully saturated rings. The molecule has 0 saturated heterocycles. The van der Waals surface area contributed by atoms with E-state index in [0.29, 0.717) is 11.8 Å². The summed E-state index contributed by atoms with van der Waals surface area (Å²) in [7, 11) is 0. The Hall–Kier alpha value is -2.16. The molecule has 2 atom stereocenters. The van der Waals surface area contributed by atoms with Gasteiger partial charge in [-0.1, -0.05) is 84.0 Å². The van der Waals surface area contributed by atoms with Gasteiger partial charge in [0.25, 0.3) is 5.69 Å². The maximum Gasteiger partial charge on any atom is 0.269 e. The first-order valence-corrected chi connectivity index (χ1v) is 8.96. The minimum Gasteiger partial charge on any atom is -0.258 e.